The van der Waals surface area contributed by atoms with Crippen LogP contribution in [0.3, 0.4) is 0 Å². The summed E-state index contributed by atoms with van der Waals surface area (Å²) in [5.41, 5.74) is 7.47. The van der Waals surface area contributed by atoms with Crippen molar-refractivity contribution in [3.63, 3.8) is 0 Å². The average molecular weight is 372 g/mol. The minimum Gasteiger partial charge on any atom is -0.340 e. The molecule has 0 spiro atoms. The van der Waals surface area contributed by atoms with Crippen molar-refractivity contribution in [2.45, 2.75) is 12.5 Å². The van der Waals surface area contributed by atoms with E-state index in [1.54, 1.807) is 42.6 Å². The number of nitrogens with two attached hydrogens (primary N) is 1. The number of halogens is 1. The number of hydrogen-bond acceptors (Lipinski definition) is 4. The van der Waals surface area contributed by atoms with Crippen LogP contribution >= 0.6 is 11.6 Å². The maximum absolute atomic E-state index is 12.8. The second-order valence-electron chi connectivity index (χ2n) is 5.76. The van der Waals surface area contributed by atoms with Gasteiger partial charge in [-0.1, -0.05) is 23.7 Å². The Balaban J connectivity index is 1.84. The van der Waals surface area contributed by atoms with Gasteiger partial charge >= 0.3 is 0 Å². The van der Waals surface area contributed by atoms with Crippen LogP contribution in [0, 0.1) is 0 Å². The highest BCUT2D eigenvalue weighted by Gasteiger charge is 2.23. The summed E-state index contributed by atoms with van der Waals surface area (Å²) in [6.07, 6.45) is 1.80. The normalized spacial score (nSPS) is 11.9. The summed E-state index contributed by atoms with van der Waals surface area (Å²) in [4.78, 5) is 24.8. The van der Waals surface area contributed by atoms with Gasteiger partial charge in [-0.25, -0.2) is 0 Å². The largest absolute Gasteiger partial charge is 0.340 e. The molecule has 0 fully saturated rings. The van der Waals surface area contributed by atoms with Crippen LogP contribution in [0.5, 0.6) is 0 Å². The van der Waals surface area contributed by atoms with Gasteiger partial charge in [-0.05, 0) is 35.9 Å². The van der Waals surface area contributed by atoms with Crippen LogP contribution in [0.15, 0.2) is 48.7 Å². The monoisotopic (exact) mass is 371 g/mol. The molecule has 3 rings (SSSR count). The molecule has 3 aromatic rings. The van der Waals surface area contributed by atoms with Gasteiger partial charge < -0.3 is 16.4 Å². The molecule has 2 aromatic carbocycles. The predicted octanol–water partition coefficient (Wildman–Crippen LogP) is 2.36. The van der Waals surface area contributed by atoms with Crippen molar-refractivity contribution in [3.05, 3.63) is 59.2 Å². The Kier molecular flexibility index (Phi) is 5.50. The fourth-order valence-electron chi connectivity index (χ4n) is 2.59. The van der Waals surface area contributed by atoms with Gasteiger partial charge in [-0.3, -0.25) is 14.7 Å². The first-order valence-corrected chi connectivity index (χ1v) is 8.43. The van der Waals surface area contributed by atoms with Gasteiger partial charge in [0.1, 0.15) is 6.04 Å². The Bertz CT molecular complexity index is 940. The average Bonchev–Trinajstić information content (AvgIpc) is 3.07. The molecule has 2 amide bonds. The number of H-pyrrole nitrogens is 1. The standard InChI is InChI=1S/C18H18ClN5O2/c19-13-3-1-2-11(8-13)17(23-16(25)6-7-20)18(26)22-14-4-5-15-12(9-14)10-21-24-15/h1-5,8-10,17H,6-7,20H2,(H,21,24)(H,22,26)(H,23,25). The van der Waals surface area contributed by atoms with Crippen molar-refractivity contribution in [2.24, 2.45) is 5.73 Å². The van der Waals surface area contributed by atoms with Gasteiger partial charge in [-0.2, -0.15) is 5.10 Å². The summed E-state index contributed by atoms with van der Waals surface area (Å²) in [6, 6.07) is 11.3. The maximum Gasteiger partial charge on any atom is 0.251 e. The summed E-state index contributed by atoms with van der Waals surface area (Å²) in [5.74, 6) is -0.682. The summed E-state index contributed by atoms with van der Waals surface area (Å²) in [6.45, 7) is 0.201. The van der Waals surface area contributed by atoms with Crippen LogP contribution in [0.4, 0.5) is 5.69 Å². The van der Waals surface area contributed by atoms with Gasteiger partial charge in [-0.15, -0.1) is 0 Å². The number of fused-ring (bicyclic) bond motifs is 1. The number of anilines is 1. The molecule has 0 saturated heterocycles. The van der Waals surface area contributed by atoms with Gasteiger partial charge in [0.25, 0.3) is 5.91 Å². The Morgan fingerprint density at radius 2 is 2.08 bits per heavy atom. The van der Waals surface area contributed by atoms with Crippen molar-refractivity contribution in [3.8, 4) is 0 Å². The highest BCUT2D eigenvalue weighted by Crippen LogP contribution is 2.22. The number of aromatic amines is 1. The molecule has 0 bridgehead atoms. The van der Waals surface area contributed by atoms with Crippen molar-refractivity contribution >= 4 is 40.0 Å². The number of nitrogens with zero attached hydrogens (tertiary/aromatic N) is 1. The number of amides is 2. The second-order valence-corrected chi connectivity index (χ2v) is 6.19. The molecular weight excluding hydrogens is 354 g/mol. The lowest BCUT2D eigenvalue weighted by atomic mass is 10.1. The van der Waals surface area contributed by atoms with Crippen LogP contribution in [0.25, 0.3) is 10.9 Å². The summed E-state index contributed by atoms with van der Waals surface area (Å²) in [5, 5.41) is 13.7. The molecule has 1 unspecified atom stereocenters. The number of rotatable bonds is 6. The van der Waals surface area contributed by atoms with E-state index in [0.29, 0.717) is 16.3 Å². The van der Waals surface area contributed by atoms with Crippen LogP contribution in [0.2, 0.25) is 5.02 Å². The first-order valence-electron chi connectivity index (χ1n) is 8.05. The van der Waals surface area contributed by atoms with Crippen molar-refractivity contribution in [2.75, 3.05) is 11.9 Å². The molecule has 0 aliphatic carbocycles. The van der Waals surface area contributed by atoms with Crippen molar-refractivity contribution < 1.29 is 9.59 Å². The Morgan fingerprint density at radius 3 is 2.85 bits per heavy atom. The lowest BCUT2D eigenvalue weighted by Crippen LogP contribution is -2.37. The van der Waals surface area contributed by atoms with E-state index in [4.69, 9.17) is 17.3 Å². The minimum atomic E-state index is -0.882. The van der Waals surface area contributed by atoms with Gasteiger partial charge in [0.05, 0.1) is 11.7 Å². The Hall–Kier alpha value is -2.90. The molecule has 1 aromatic heterocycles. The molecule has 134 valence electrons. The zero-order valence-corrected chi connectivity index (χ0v) is 14.6. The van der Waals surface area contributed by atoms with E-state index >= 15 is 0 Å². The quantitative estimate of drug-likeness (QED) is 0.532. The molecule has 5 N–H and O–H groups in total. The smallest absolute Gasteiger partial charge is 0.251 e. The highest BCUT2D eigenvalue weighted by atomic mass is 35.5. The molecule has 0 radical (unpaired) electrons. The third-order valence-electron chi connectivity index (χ3n) is 3.83. The summed E-state index contributed by atoms with van der Waals surface area (Å²) >= 11 is 6.03. The zero-order valence-electron chi connectivity index (χ0n) is 13.8. The Labute approximate surface area is 154 Å². The van der Waals surface area contributed by atoms with Gasteiger partial charge in [0.15, 0.2) is 0 Å². The molecule has 8 heteroatoms. The number of benzene rings is 2. The van der Waals surface area contributed by atoms with E-state index in [9.17, 15) is 9.59 Å². The van der Waals surface area contributed by atoms with E-state index in [-0.39, 0.29) is 24.8 Å². The Morgan fingerprint density at radius 1 is 1.23 bits per heavy atom. The SMILES string of the molecule is NCCC(=O)NC(C(=O)Nc1ccc2[nH]ncc2c1)c1cccc(Cl)c1. The lowest BCUT2D eigenvalue weighted by Gasteiger charge is -2.19. The van der Waals surface area contributed by atoms with Crippen LogP contribution in [0.1, 0.15) is 18.0 Å². The molecule has 1 heterocycles. The third-order valence-corrected chi connectivity index (χ3v) is 4.06. The van der Waals surface area contributed by atoms with Crippen molar-refractivity contribution in [1.82, 2.24) is 15.5 Å². The number of hydrogen-bond donors (Lipinski definition) is 4. The highest BCUT2D eigenvalue weighted by molar-refractivity contribution is 6.30. The first kappa shape index (κ1) is 17.9. The molecular formula is C18H18ClN5O2. The number of nitrogens with one attached hydrogen (secondary N) is 3. The second kappa shape index (κ2) is 7.99. The molecule has 0 aliphatic rings. The molecule has 0 aliphatic heterocycles. The van der Waals surface area contributed by atoms with Crippen LogP contribution in [-0.2, 0) is 9.59 Å². The van der Waals surface area contributed by atoms with Crippen LogP contribution < -0.4 is 16.4 Å². The topological polar surface area (TPSA) is 113 Å². The maximum atomic E-state index is 12.8. The predicted molar refractivity (Wildman–Crippen MR) is 101 cm³/mol. The molecule has 26 heavy (non-hydrogen) atoms. The zero-order chi connectivity index (χ0) is 18.5. The fourth-order valence-corrected chi connectivity index (χ4v) is 2.78. The first-order chi connectivity index (χ1) is 12.6. The third kappa shape index (κ3) is 4.19. The van der Waals surface area contributed by atoms with Crippen molar-refractivity contribution in [1.29, 1.82) is 0 Å². The molecule has 1 atom stereocenters. The summed E-state index contributed by atoms with van der Waals surface area (Å²) < 4.78 is 0. The summed E-state index contributed by atoms with van der Waals surface area (Å²) in [7, 11) is 0. The number of aromatic nitrogens is 2. The lowest BCUT2D eigenvalue weighted by molar-refractivity contribution is -0.126. The fraction of sp³-hybridized carbons (Fsp3) is 0.167. The molecule has 0 saturated carbocycles. The van der Waals surface area contributed by atoms with Crippen LogP contribution in [-0.4, -0.2) is 28.6 Å². The van der Waals surface area contributed by atoms with Gasteiger partial charge in [0.2, 0.25) is 5.91 Å². The number of carbonyl (C=O) groups excluding carboxylic acids is 2. The minimum absolute atomic E-state index is 0.130. The molecule has 7 nitrogen and oxygen atoms in total. The van der Waals surface area contributed by atoms with E-state index in [2.05, 4.69) is 20.8 Å². The van der Waals surface area contributed by atoms with E-state index in [0.717, 1.165) is 10.9 Å². The van der Waals surface area contributed by atoms with E-state index in [1.165, 1.54) is 0 Å². The number of carbonyl (C=O) groups is 2. The van der Waals surface area contributed by atoms with E-state index in [1.807, 2.05) is 6.07 Å². The van der Waals surface area contributed by atoms with Gasteiger partial charge in [0, 0.05) is 29.1 Å². The van der Waals surface area contributed by atoms with E-state index < -0.39 is 6.04 Å².